The summed E-state index contributed by atoms with van der Waals surface area (Å²) in [5, 5.41) is 10.4. The van der Waals surface area contributed by atoms with E-state index in [1.165, 1.54) is 23.1 Å². The summed E-state index contributed by atoms with van der Waals surface area (Å²) >= 11 is 2.70. The standard InChI is InChI=1S/C37H34N4O6S2/c1-23(34(42)41-37-40-31(22-48-37)26-12-19-32(46-3)33(21-26)47-4)49-29-17-13-27(14-18-29)38-36(44)30(20-24-10-15-28(45-2)16-11-24)39-35(43)25-8-6-5-7-9-25/h5-23H,1-4H3,(H,38,44)(H,39,43)(H,40,41,42)/b30-20-. The smallest absolute Gasteiger partial charge is 0.272 e. The van der Waals surface area contributed by atoms with Crippen molar-refractivity contribution in [1.29, 1.82) is 0 Å². The molecule has 1 aromatic heterocycles. The number of thioether (sulfide) groups is 1. The van der Waals surface area contributed by atoms with Crippen LogP contribution in [0.2, 0.25) is 0 Å². The lowest BCUT2D eigenvalue weighted by atomic mass is 10.1. The average molecular weight is 695 g/mol. The Morgan fingerprint density at radius 2 is 1.53 bits per heavy atom. The van der Waals surface area contributed by atoms with Crippen molar-refractivity contribution in [3.8, 4) is 28.5 Å². The fourth-order valence-electron chi connectivity index (χ4n) is 4.55. The zero-order chi connectivity index (χ0) is 34.8. The molecule has 5 rings (SSSR count). The molecule has 0 fully saturated rings. The average Bonchev–Trinajstić information content (AvgIpc) is 3.60. The number of benzene rings is 4. The van der Waals surface area contributed by atoms with Crippen LogP contribution in [0, 0.1) is 0 Å². The summed E-state index contributed by atoms with van der Waals surface area (Å²) in [6.45, 7) is 1.81. The Bertz CT molecular complexity index is 1940. The molecule has 0 aliphatic rings. The molecular formula is C37H34N4O6S2. The van der Waals surface area contributed by atoms with Gasteiger partial charge in [-0.2, -0.15) is 0 Å². The molecule has 0 bridgehead atoms. The predicted octanol–water partition coefficient (Wildman–Crippen LogP) is 7.36. The highest BCUT2D eigenvalue weighted by Crippen LogP contribution is 2.34. The normalized spacial score (nSPS) is 11.6. The minimum atomic E-state index is -0.496. The Kier molecular flexibility index (Phi) is 11.7. The van der Waals surface area contributed by atoms with Gasteiger partial charge in [-0.25, -0.2) is 4.98 Å². The molecule has 1 atom stereocenters. The Morgan fingerprint density at radius 3 is 2.20 bits per heavy atom. The van der Waals surface area contributed by atoms with Gasteiger partial charge in [-0.1, -0.05) is 30.3 Å². The topological polar surface area (TPSA) is 128 Å². The number of thiazole rings is 1. The van der Waals surface area contributed by atoms with Gasteiger partial charge in [0.2, 0.25) is 5.91 Å². The van der Waals surface area contributed by atoms with Gasteiger partial charge >= 0.3 is 0 Å². The number of hydrogen-bond acceptors (Lipinski definition) is 9. The summed E-state index contributed by atoms with van der Waals surface area (Å²) in [4.78, 5) is 44.7. The van der Waals surface area contributed by atoms with E-state index in [-0.39, 0.29) is 11.6 Å². The van der Waals surface area contributed by atoms with Crippen molar-refractivity contribution in [2.24, 2.45) is 0 Å². The van der Waals surface area contributed by atoms with E-state index in [0.717, 1.165) is 10.5 Å². The molecule has 0 aliphatic carbocycles. The minimum Gasteiger partial charge on any atom is -0.497 e. The van der Waals surface area contributed by atoms with Gasteiger partial charge in [0.05, 0.1) is 32.3 Å². The van der Waals surface area contributed by atoms with Gasteiger partial charge in [-0.05, 0) is 85.3 Å². The summed E-state index contributed by atoms with van der Waals surface area (Å²) < 4.78 is 15.9. The number of aromatic nitrogens is 1. The van der Waals surface area contributed by atoms with Crippen LogP contribution in [0.25, 0.3) is 17.3 Å². The number of amides is 3. The van der Waals surface area contributed by atoms with Gasteiger partial charge in [-0.3, -0.25) is 14.4 Å². The third-order valence-corrected chi connectivity index (χ3v) is 9.03. The molecule has 1 heterocycles. The van der Waals surface area contributed by atoms with Crippen molar-refractivity contribution in [3.05, 3.63) is 119 Å². The number of anilines is 2. The van der Waals surface area contributed by atoms with Crippen LogP contribution in [0.4, 0.5) is 10.8 Å². The van der Waals surface area contributed by atoms with Crippen LogP contribution < -0.4 is 30.2 Å². The Balaban J connectivity index is 1.21. The Labute approximate surface area is 292 Å². The highest BCUT2D eigenvalue weighted by Gasteiger charge is 2.18. The summed E-state index contributed by atoms with van der Waals surface area (Å²) in [6.07, 6.45) is 1.60. The number of ether oxygens (including phenoxy) is 3. The van der Waals surface area contributed by atoms with Crippen LogP contribution in [-0.2, 0) is 9.59 Å². The third-order valence-electron chi connectivity index (χ3n) is 7.16. The summed E-state index contributed by atoms with van der Waals surface area (Å²) in [7, 11) is 4.73. The summed E-state index contributed by atoms with van der Waals surface area (Å²) in [5.74, 6) is 0.778. The van der Waals surface area contributed by atoms with E-state index in [1.807, 2.05) is 48.7 Å². The first-order chi connectivity index (χ1) is 23.8. The molecule has 49 heavy (non-hydrogen) atoms. The van der Waals surface area contributed by atoms with Crippen molar-refractivity contribution in [3.63, 3.8) is 0 Å². The fraction of sp³-hybridized carbons (Fsp3) is 0.135. The highest BCUT2D eigenvalue weighted by molar-refractivity contribution is 8.00. The van der Waals surface area contributed by atoms with E-state index in [1.54, 1.807) is 88.1 Å². The van der Waals surface area contributed by atoms with Crippen LogP contribution in [-0.4, -0.2) is 49.3 Å². The molecule has 250 valence electrons. The first-order valence-corrected chi connectivity index (χ1v) is 16.8. The van der Waals surface area contributed by atoms with Crippen molar-refractivity contribution < 1.29 is 28.6 Å². The molecule has 0 saturated heterocycles. The molecule has 5 aromatic rings. The van der Waals surface area contributed by atoms with E-state index in [0.29, 0.717) is 44.9 Å². The summed E-state index contributed by atoms with van der Waals surface area (Å²) in [5.41, 5.74) is 3.26. The van der Waals surface area contributed by atoms with E-state index >= 15 is 0 Å². The largest absolute Gasteiger partial charge is 0.497 e. The lowest BCUT2D eigenvalue weighted by Gasteiger charge is -2.13. The van der Waals surface area contributed by atoms with Crippen molar-refractivity contribution >= 4 is 57.7 Å². The third kappa shape index (κ3) is 9.28. The molecule has 10 nitrogen and oxygen atoms in total. The monoisotopic (exact) mass is 694 g/mol. The maximum absolute atomic E-state index is 13.4. The van der Waals surface area contributed by atoms with Gasteiger partial charge in [0.1, 0.15) is 11.4 Å². The maximum atomic E-state index is 13.4. The van der Waals surface area contributed by atoms with Crippen molar-refractivity contribution in [1.82, 2.24) is 10.3 Å². The molecule has 0 saturated carbocycles. The molecule has 1 unspecified atom stereocenters. The first-order valence-electron chi connectivity index (χ1n) is 15.0. The predicted molar refractivity (Wildman–Crippen MR) is 195 cm³/mol. The zero-order valence-corrected chi connectivity index (χ0v) is 28.8. The Hall–Kier alpha value is -5.59. The number of carbonyl (C=O) groups is 3. The maximum Gasteiger partial charge on any atom is 0.272 e. The molecule has 3 amide bonds. The summed E-state index contributed by atoms with van der Waals surface area (Å²) in [6, 6.07) is 28.4. The minimum absolute atomic E-state index is 0.0687. The van der Waals surface area contributed by atoms with Gasteiger partial charge in [0, 0.05) is 27.1 Å². The van der Waals surface area contributed by atoms with E-state index in [4.69, 9.17) is 14.2 Å². The fourth-order valence-corrected chi connectivity index (χ4v) is 6.14. The van der Waals surface area contributed by atoms with Crippen molar-refractivity contribution in [2.75, 3.05) is 32.0 Å². The number of methoxy groups -OCH3 is 3. The second kappa shape index (κ2) is 16.5. The molecule has 3 N–H and O–H groups in total. The SMILES string of the molecule is COc1ccc(/C=C(\NC(=O)c2ccccc2)C(=O)Nc2ccc(SC(C)C(=O)Nc3nc(-c4ccc(OC)c(OC)c4)cs3)cc2)cc1. The van der Waals surface area contributed by atoms with Crippen LogP contribution >= 0.6 is 23.1 Å². The highest BCUT2D eigenvalue weighted by atomic mass is 32.2. The number of nitrogens with one attached hydrogen (secondary N) is 3. The van der Waals surface area contributed by atoms with Crippen LogP contribution in [0.1, 0.15) is 22.8 Å². The van der Waals surface area contributed by atoms with Gasteiger partial charge < -0.3 is 30.2 Å². The lowest BCUT2D eigenvalue weighted by molar-refractivity contribution is -0.115. The molecule has 12 heteroatoms. The molecule has 4 aromatic carbocycles. The molecule has 0 spiro atoms. The molecular weight excluding hydrogens is 661 g/mol. The number of carbonyl (C=O) groups excluding carboxylic acids is 3. The first kappa shape index (κ1) is 34.7. The molecule has 0 aliphatic heterocycles. The number of hydrogen-bond donors (Lipinski definition) is 3. The van der Waals surface area contributed by atoms with E-state index in [2.05, 4.69) is 20.9 Å². The Morgan fingerprint density at radius 1 is 0.816 bits per heavy atom. The quantitative estimate of drug-likeness (QED) is 0.0862. The van der Waals surface area contributed by atoms with Crippen LogP contribution in [0.5, 0.6) is 17.2 Å². The molecule has 0 radical (unpaired) electrons. The van der Waals surface area contributed by atoms with Crippen LogP contribution in [0.3, 0.4) is 0 Å². The van der Waals surface area contributed by atoms with Crippen LogP contribution in [0.15, 0.2) is 113 Å². The van der Waals surface area contributed by atoms with E-state index in [9.17, 15) is 14.4 Å². The second-order valence-corrected chi connectivity index (χ2v) is 12.8. The number of nitrogens with zero attached hydrogens (tertiary/aromatic N) is 1. The lowest BCUT2D eigenvalue weighted by Crippen LogP contribution is -2.30. The van der Waals surface area contributed by atoms with E-state index < -0.39 is 17.1 Å². The zero-order valence-electron chi connectivity index (χ0n) is 27.2. The van der Waals surface area contributed by atoms with Gasteiger partial charge in [0.25, 0.3) is 11.8 Å². The van der Waals surface area contributed by atoms with Crippen molar-refractivity contribution in [2.45, 2.75) is 17.1 Å². The number of rotatable bonds is 13. The van der Waals surface area contributed by atoms with Gasteiger partial charge in [-0.15, -0.1) is 23.1 Å². The second-order valence-electron chi connectivity index (χ2n) is 10.5. The van der Waals surface area contributed by atoms with Gasteiger partial charge in [0.15, 0.2) is 16.6 Å².